The zero-order chi connectivity index (χ0) is 12.0. The summed E-state index contributed by atoms with van der Waals surface area (Å²) < 4.78 is 0. The van der Waals surface area contributed by atoms with Gasteiger partial charge >= 0.3 is 0 Å². The highest BCUT2D eigenvalue weighted by atomic mass is 35.5. The van der Waals surface area contributed by atoms with Gasteiger partial charge in [0.2, 0.25) is 0 Å². The fourth-order valence-corrected chi connectivity index (χ4v) is 2.26. The van der Waals surface area contributed by atoms with E-state index >= 15 is 0 Å². The molecule has 0 spiro atoms. The van der Waals surface area contributed by atoms with E-state index in [0.717, 1.165) is 19.3 Å². The van der Waals surface area contributed by atoms with Gasteiger partial charge in [0.05, 0.1) is 6.04 Å². The van der Waals surface area contributed by atoms with Crippen molar-refractivity contribution in [1.29, 1.82) is 0 Å². The summed E-state index contributed by atoms with van der Waals surface area (Å²) in [5.74, 6) is 0. The first kappa shape index (κ1) is 16.2. The molecule has 1 aromatic carbocycles. The maximum absolute atomic E-state index is 6.34. The van der Waals surface area contributed by atoms with E-state index in [4.69, 9.17) is 5.73 Å². The minimum Gasteiger partial charge on any atom is -0.321 e. The van der Waals surface area contributed by atoms with Gasteiger partial charge in [0, 0.05) is 0 Å². The average Bonchev–Trinajstić information content (AvgIpc) is 2.36. The van der Waals surface area contributed by atoms with Gasteiger partial charge in [-0.05, 0) is 24.8 Å². The predicted molar refractivity (Wildman–Crippen MR) is 78.5 cm³/mol. The smallest absolute Gasteiger partial charge is 0.0513 e. The number of rotatable bonds is 5. The number of hydrogen-bond acceptors (Lipinski definition) is 1. The zero-order valence-corrected chi connectivity index (χ0v) is 11.9. The summed E-state index contributed by atoms with van der Waals surface area (Å²) >= 11 is 0. The van der Waals surface area contributed by atoms with Crippen LogP contribution >= 0.6 is 12.4 Å². The molecule has 0 radical (unpaired) electrons. The van der Waals surface area contributed by atoms with Crippen LogP contribution in [0.25, 0.3) is 0 Å². The van der Waals surface area contributed by atoms with Crippen molar-refractivity contribution in [2.24, 2.45) is 5.73 Å². The fraction of sp³-hybridized carbons (Fsp3) is 0.467. The van der Waals surface area contributed by atoms with Crippen LogP contribution in [-0.4, -0.2) is 0 Å². The van der Waals surface area contributed by atoms with Crippen molar-refractivity contribution in [1.82, 2.24) is 0 Å². The van der Waals surface area contributed by atoms with E-state index in [1.54, 1.807) is 0 Å². The van der Waals surface area contributed by atoms with Gasteiger partial charge in [-0.2, -0.15) is 0 Å². The van der Waals surface area contributed by atoms with E-state index in [9.17, 15) is 0 Å². The number of hydrogen-bond donors (Lipinski definition) is 1. The number of nitrogens with two attached hydrogens (primary N) is 1. The third-order valence-electron chi connectivity index (χ3n) is 3.22. The molecule has 0 saturated carbocycles. The first-order valence-corrected chi connectivity index (χ1v) is 6.25. The molecule has 0 aliphatic heterocycles. The molecule has 0 aliphatic rings. The molecule has 1 rings (SSSR count). The standard InChI is InChI=1S/C15H23N.ClH/c1-4-12(5-2)14(6-3)15(16)13-10-8-7-9-11-13;/h7-11,15H,4-6,16H2,1-3H3;1H. The topological polar surface area (TPSA) is 26.0 Å². The van der Waals surface area contributed by atoms with Crippen molar-refractivity contribution >= 4 is 12.4 Å². The molecule has 2 N–H and O–H groups in total. The SMILES string of the molecule is CCC(CC)=C(CC)C(N)c1ccccc1.Cl. The quantitative estimate of drug-likeness (QED) is 0.761. The van der Waals surface area contributed by atoms with Gasteiger partial charge in [-0.1, -0.05) is 62.2 Å². The van der Waals surface area contributed by atoms with Crippen LogP contribution in [0.2, 0.25) is 0 Å². The van der Waals surface area contributed by atoms with Crippen LogP contribution in [0.4, 0.5) is 0 Å². The van der Waals surface area contributed by atoms with E-state index in [1.165, 1.54) is 16.7 Å². The normalized spacial score (nSPS) is 11.5. The second kappa shape index (κ2) is 8.32. The highest BCUT2D eigenvalue weighted by Crippen LogP contribution is 2.27. The fourth-order valence-electron chi connectivity index (χ4n) is 2.26. The highest BCUT2D eigenvalue weighted by Gasteiger charge is 2.12. The van der Waals surface area contributed by atoms with Gasteiger partial charge in [-0.15, -0.1) is 12.4 Å². The Morgan fingerprint density at radius 1 is 1.00 bits per heavy atom. The zero-order valence-electron chi connectivity index (χ0n) is 11.1. The van der Waals surface area contributed by atoms with Gasteiger partial charge in [0.25, 0.3) is 0 Å². The lowest BCUT2D eigenvalue weighted by Gasteiger charge is -2.19. The number of benzene rings is 1. The molecule has 0 fully saturated rings. The summed E-state index contributed by atoms with van der Waals surface area (Å²) in [7, 11) is 0. The van der Waals surface area contributed by atoms with Crippen LogP contribution in [-0.2, 0) is 0 Å². The van der Waals surface area contributed by atoms with Crippen molar-refractivity contribution in [2.75, 3.05) is 0 Å². The van der Waals surface area contributed by atoms with Crippen molar-refractivity contribution < 1.29 is 0 Å². The monoisotopic (exact) mass is 253 g/mol. The first-order chi connectivity index (χ1) is 7.74. The largest absolute Gasteiger partial charge is 0.321 e. The van der Waals surface area contributed by atoms with Crippen molar-refractivity contribution in [3.8, 4) is 0 Å². The van der Waals surface area contributed by atoms with Crippen LogP contribution < -0.4 is 5.73 Å². The molecule has 0 aromatic heterocycles. The van der Waals surface area contributed by atoms with Crippen molar-refractivity contribution in [3.63, 3.8) is 0 Å². The minimum atomic E-state index is 0. The Labute approximate surface area is 112 Å². The molecule has 0 bridgehead atoms. The summed E-state index contributed by atoms with van der Waals surface area (Å²) in [5.41, 5.74) is 10.5. The highest BCUT2D eigenvalue weighted by molar-refractivity contribution is 5.85. The molecule has 1 nitrogen and oxygen atoms in total. The van der Waals surface area contributed by atoms with Gasteiger partial charge in [0.1, 0.15) is 0 Å². The molecule has 1 aromatic rings. The summed E-state index contributed by atoms with van der Waals surface area (Å²) in [6.07, 6.45) is 3.27. The second-order valence-corrected chi connectivity index (χ2v) is 4.08. The van der Waals surface area contributed by atoms with Crippen molar-refractivity contribution in [2.45, 2.75) is 46.1 Å². The average molecular weight is 254 g/mol. The lowest BCUT2D eigenvalue weighted by molar-refractivity contribution is 0.758. The Hall–Kier alpha value is -0.790. The molecule has 1 unspecified atom stereocenters. The van der Waals surface area contributed by atoms with Gasteiger partial charge < -0.3 is 5.73 Å². The molecule has 96 valence electrons. The Bertz CT molecular complexity index is 337. The molecule has 17 heavy (non-hydrogen) atoms. The van der Waals surface area contributed by atoms with Crippen LogP contribution in [0.15, 0.2) is 41.5 Å². The summed E-state index contributed by atoms with van der Waals surface area (Å²) in [6, 6.07) is 10.4. The summed E-state index contributed by atoms with van der Waals surface area (Å²) in [6.45, 7) is 6.63. The molecule has 0 heterocycles. The van der Waals surface area contributed by atoms with E-state index in [0.29, 0.717) is 0 Å². The van der Waals surface area contributed by atoms with Gasteiger partial charge in [-0.25, -0.2) is 0 Å². The van der Waals surface area contributed by atoms with E-state index in [-0.39, 0.29) is 18.4 Å². The lowest BCUT2D eigenvalue weighted by atomic mass is 9.91. The predicted octanol–water partition coefficient (Wildman–Crippen LogP) is 4.63. The summed E-state index contributed by atoms with van der Waals surface area (Å²) in [5, 5.41) is 0. The van der Waals surface area contributed by atoms with Crippen molar-refractivity contribution in [3.05, 3.63) is 47.0 Å². The number of halogens is 1. The molecular weight excluding hydrogens is 230 g/mol. The Balaban J connectivity index is 0.00000256. The molecular formula is C15H24ClN. The molecule has 0 aliphatic carbocycles. The van der Waals surface area contributed by atoms with Gasteiger partial charge in [0.15, 0.2) is 0 Å². The Morgan fingerprint density at radius 3 is 1.94 bits per heavy atom. The Morgan fingerprint density at radius 2 is 1.53 bits per heavy atom. The van der Waals surface area contributed by atoms with Crippen LogP contribution in [0.5, 0.6) is 0 Å². The van der Waals surface area contributed by atoms with Crippen LogP contribution in [0.1, 0.15) is 51.6 Å². The third-order valence-corrected chi connectivity index (χ3v) is 3.22. The molecule has 2 heteroatoms. The molecule has 0 amide bonds. The Kier molecular flexibility index (Phi) is 7.94. The van der Waals surface area contributed by atoms with E-state index < -0.39 is 0 Å². The molecule has 0 saturated heterocycles. The minimum absolute atomic E-state index is 0. The van der Waals surface area contributed by atoms with Gasteiger partial charge in [-0.3, -0.25) is 0 Å². The third kappa shape index (κ3) is 4.18. The lowest BCUT2D eigenvalue weighted by Crippen LogP contribution is -2.14. The van der Waals surface area contributed by atoms with Crippen LogP contribution in [0.3, 0.4) is 0 Å². The first-order valence-electron chi connectivity index (χ1n) is 6.25. The van der Waals surface area contributed by atoms with E-state index in [2.05, 4.69) is 45.0 Å². The summed E-state index contributed by atoms with van der Waals surface area (Å²) in [4.78, 5) is 0. The molecule has 1 atom stereocenters. The maximum Gasteiger partial charge on any atom is 0.0513 e. The maximum atomic E-state index is 6.34. The van der Waals surface area contributed by atoms with Crippen LogP contribution in [0, 0.1) is 0 Å². The number of allylic oxidation sites excluding steroid dienone is 1. The van der Waals surface area contributed by atoms with E-state index in [1.807, 2.05) is 6.07 Å². The second-order valence-electron chi connectivity index (χ2n) is 4.08.